The molecule has 1 heterocycles. The van der Waals surface area contributed by atoms with Gasteiger partial charge >= 0.3 is 0 Å². The van der Waals surface area contributed by atoms with Gasteiger partial charge in [0.1, 0.15) is 5.25 Å². The van der Waals surface area contributed by atoms with E-state index >= 15 is 0 Å². The van der Waals surface area contributed by atoms with E-state index in [2.05, 4.69) is 5.32 Å². The normalized spacial score (nSPS) is 21.0. The van der Waals surface area contributed by atoms with Crippen molar-refractivity contribution in [3.05, 3.63) is 23.8 Å². The average molecular weight is 267 g/mol. The maximum Gasteiger partial charge on any atom is 0.243 e. The molecule has 1 aromatic carbocycles. The lowest BCUT2D eigenvalue weighted by Crippen LogP contribution is -2.39. The minimum atomic E-state index is -3.65. The number of hydrogen-bond donors (Lipinski definition) is 1. The quantitative estimate of drug-likeness (QED) is 0.821. The molecule has 0 fully saturated rings. The van der Waals surface area contributed by atoms with E-state index in [1.807, 2.05) is 0 Å². The molecule has 0 radical (unpaired) electrons. The Morgan fingerprint density at radius 1 is 1.39 bits per heavy atom. The van der Waals surface area contributed by atoms with Crippen molar-refractivity contribution in [1.82, 2.24) is 0 Å². The Hall–Kier alpha value is -1.69. The van der Waals surface area contributed by atoms with Crippen molar-refractivity contribution in [1.29, 1.82) is 0 Å². The van der Waals surface area contributed by atoms with Gasteiger partial charge in [-0.05, 0) is 31.5 Å². The standard InChI is InChI=1S/C12H13NO4S/c1-3-10-12(15)13-9-6-8(7(2)14)4-5-11(9)18(10,16)17/h4-6,10H,3H2,1-2H3,(H,13,15). The zero-order chi connectivity index (χ0) is 13.5. The third-order valence-corrected chi connectivity index (χ3v) is 5.25. The monoisotopic (exact) mass is 267 g/mol. The summed E-state index contributed by atoms with van der Waals surface area (Å²) in [6, 6.07) is 4.24. The van der Waals surface area contributed by atoms with E-state index in [1.165, 1.54) is 25.1 Å². The maximum atomic E-state index is 12.2. The molecule has 6 heteroatoms. The number of benzene rings is 1. The second-order valence-electron chi connectivity index (χ2n) is 4.20. The fourth-order valence-electron chi connectivity index (χ4n) is 2.01. The molecule has 18 heavy (non-hydrogen) atoms. The molecular weight excluding hydrogens is 254 g/mol. The van der Waals surface area contributed by atoms with Crippen LogP contribution in [-0.2, 0) is 14.6 Å². The number of anilines is 1. The van der Waals surface area contributed by atoms with Crippen LogP contribution >= 0.6 is 0 Å². The maximum absolute atomic E-state index is 12.2. The molecule has 1 N–H and O–H groups in total. The third kappa shape index (κ3) is 1.82. The molecule has 0 aliphatic carbocycles. The van der Waals surface area contributed by atoms with Gasteiger partial charge in [0, 0.05) is 5.56 Å². The molecule has 1 amide bonds. The third-order valence-electron chi connectivity index (χ3n) is 2.99. The van der Waals surface area contributed by atoms with Crippen LogP contribution in [0.15, 0.2) is 23.1 Å². The van der Waals surface area contributed by atoms with Crippen LogP contribution in [0.3, 0.4) is 0 Å². The molecule has 0 bridgehead atoms. The van der Waals surface area contributed by atoms with Crippen molar-refractivity contribution in [3.63, 3.8) is 0 Å². The van der Waals surface area contributed by atoms with E-state index < -0.39 is 21.0 Å². The van der Waals surface area contributed by atoms with Gasteiger partial charge in [-0.2, -0.15) is 0 Å². The second kappa shape index (κ2) is 4.20. The molecular formula is C12H13NO4S. The first-order valence-electron chi connectivity index (χ1n) is 5.57. The number of carbonyl (C=O) groups excluding carboxylic acids is 2. The van der Waals surface area contributed by atoms with Gasteiger partial charge in [-0.3, -0.25) is 9.59 Å². The minimum absolute atomic E-state index is 0.0824. The molecule has 0 saturated carbocycles. The highest BCUT2D eigenvalue weighted by molar-refractivity contribution is 7.93. The number of amides is 1. The number of fused-ring (bicyclic) bond motifs is 1. The van der Waals surface area contributed by atoms with Gasteiger partial charge in [-0.1, -0.05) is 6.92 Å². The van der Waals surface area contributed by atoms with Gasteiger partial charge in [0.15, 0.2) is 15.6 Å². The SMILES string of the molecule is CCC1C(=O)Nc2cc(C(C)=O)ccc2S1(=O)=O. The summed E-state index contributed by atoms with van der Waals surface area (Å²) in [7, 11) is -3.65. The fraction of sp³-hybridized carbons (Fsp3) is 0.333. The number of carbonyl (C=O) groups is 2. The molecule has 2 rings (SSSR count). The summed E-state index contributed by atoms with van der Waals surface area (Å²) in [6.07, 6.45) is 0.224. The summed E-state index contributed by atoms with van der Waals surface area (Å²) in [5.74, 6) is -0.715. The van der Waals surface area contributed by atoms with Gasteiger partial charge < -0.3 is 5.32 Å². The first-order chi connectivity index (χ1) is 8.37. The summed E-state index contributed by atoms with van der Waals surface area (Å²) in [5.41, 5.74) is 0.566. The van der Waals surface area contributed by atoms with Crippen molar-refractivity contribution in [2.45, 2.75) is 30.4 Å². The fourth-order valence-corrected chi connectivity index (χ4v) is 3.77. The summed E-state index contributed by atoms with van der Waals surface area (Å²) < 4.78 is 24.4. The van der Waals surface area contributed by atoms with Crippen LogP contribution in [-0.4, -0.2) is 25.4 Å². The predicted molar refractivity (Wildman–Crippen MR) is 66.3 cm³/mol. The van der Waals surface area contributed by atoms with Crippen molar-refractivity contribution >= 4 is 27.2 Å². The highest BCUT2D eigenvalue weighted by Crippen LogP contribution is 2.32. The van der Waals surface area contributed by atoms with Crippen LogP contribution in [0.1, 0.15) is 30.6 Å². The zero-order valence-corrected chi connectivity index (χ0v) is 10.9. The molecule has 1 aliphatic heterocycles. The van der Waals surface area contributed by atoms with Crippen molar-refractivity contribution in [2.24, 2.45) is 0 Å². The van der Waals surface area contributed by atoms with Crippen molar-refractivity contribution in [3.8, 4) is 0 Å². The number of nitrogens with one attached hydrogen (secondary N) is 1. The number of hydrogen-bond acceptors (Lipinski definition) is 4. The lowest BCUT2D eigenvalue weighted by molar-refractivity contribution is -0.116. The molecule has 1 aromatic rings. The summed E-state index contributed by atoms with van der Waals surface area (Å²) >= 11 is 0. The van der Waals surface area contributed by atoms with E-state index in [0.717, 1.165) is 0 Å². The minimum Gasteiger partial charge on any atom is -0.324 e. The predicted octanol–water partition coefficient (Wildman–Crippen LogP) is 1.39. The molecule has 1 atom stereocenters. The highest BCUT2D eigenvalue weighted by Gasteiger charge is 2.38. The largest absolute Gasteiger partial charge is 0.324 e. The molecule has 0 aromatic heterocycles. The Bertz CT molecular complexity index is 633. The van der Waals surface area contributed by atoms with Crippen LogP contribution in [0.25, 0.3) is 0 Å². The van der Waals surface area contributed by atoms with Crippen LogP contribution in [0.4, 0.5) is 5.69 Å². The number of rotatable bonds is 2. The Morgan fingerprint density at radius 2 is 2.06 bits per heavy atom. The summed E-state index contributed by atoms with van der Waals surface area (Å²) in [6.45, 7) is 3.03. The second-order valence-corrected chi connectivity index (χ2v) is 6.30. The van der Waals surface area contributed by atoms with Gasteiger partial charge in [0.2, 0.25) is 5.91 Å². The molecule has 1 aliphatic rings. The van der Waals surface area contributed by atoms with Gasteiger partial charge in [-0.15, -0.1) is 0 Å². The van der Waals surface area contributed by atoms with Crippen LogP contribution in [0, 0.1) is 0 Å². The van der Waals surface area contributed by atoms with E-state index in [-0.39, 0.29) is 22.8 Å². The smallest absolute Gasteiger partial charge is 0.243 e. The summed E-state index contributed by atoms with van der Waals surface area (Å²) in [4.78, 5) is 23.0. The van der Waals surface area contributed by atoms with Gasteiger partial charge in [0.05, 0.1) is 10.6 Å². The Kier molecular flexibility index (Phi) is 2.98. The van der Waals surface area contributed by atoms with Crippen molar-refractivity contribution < 1.29 is 18.0 Å². The summed E-state index contributed by atoms with van der Waals surface area (Å²) in [5, 5.41) is 1.49. The van der Waals surface area contributed by atoms with Crippen LogP contribution < -0.4 is 5.32 Å². The Labute approximate surface area is 105 Å². The molecule has 1 unspecified atom stereocenters. The van der Waals surface area contributed by atoms with E-state index in [4.69, 9.17) is 0 Å². The van der Waals surface area contributed by atoms with Crippen molar-refractivity contribution in [2.75, 3.05) is 5.32 Å². The molecule has 0 spiro atoms. The van der Waals surface area contributed by atoms with E-state index in [1.54, 1.807) is 6.92 Å². The lowest BCUT2D eigenvalue weighted by Gasteiger charge is -2.24. The Morgan fingerprint density at radius 3 is 2.61 bits per heavy atom. The van der Waals surface area contributed by atoms with Crippen LogP contribution in [0.5, 0.6) is 0 Å². The molecule has 0 saturated heterocycles. The van der Waals surface area contributed by atoms with Gasteiger partial charge in [0.25, 0.3) is 0 Å². The molecule has 5 nitrogen and oxygen atoms in total. The lowest BCUT2D eigenvalue weighted by atomic mass is 10.1. The number of sulfone groups is 1. The Balaban J connectivity index is 2.64. The van der Waals surface area contributed by atoms with Crippen LogP contribution in [0.2, 0.25) is 0 Å². The first-order valence-corrected chi connectivity index (χ1v) is 7.12. The highest BCUT2D eigenvalue weighted by atomic mass is 32.2. The zero-order valence-electron chi connectivity index (χ0n) is 10.1. The number of ketones is 1. The van der Waals surface area contributed by atoms with E-state index in [0.29, 0.717) is 5.56 Å². The number of Topliss-reactive ketones (excluding diaryl/α,β-unsaturated/α-hetero) is 1. The topological polar surface area (TPSA) is 80.3 Å². The van der Waals surface area contributed by atoms with Gasteiger partial charge in [-0.25, -0.2) is 8.42 Å². The average Bonchev–Trinajstić information content (AvgIpc) is 2.27. The van der Waals surface area contributed by atoms with E-state index in [9.17, 15) is 18.0 Å². The molecule has 96 valence electrons. The first kappa shape index (κ1) is 12.8.